The van der Waals surface area contributed by atoms with Gasteiger partial charge in [0.15, 0.2) is 5.69 Å². The molecule has 2 aliphatic rings. The number of likely N-dealkylation sites (tertiary alicyclic amines) is 2. The molecule has 4 rings (SSSR count). The van der Waals surface area contributed by atoms with Crippen molar-refractivity contribution < 1.29 is 14.3 Å². The number of methoxy groups -OCH3 is 1. The Morgan fingerprint density at radius 1 is 1.21 bits per heavy atom. The van der Waals surface area contributed by atoms with Crippen molar-refractivity contribution >= 4 is 23.4 Å². The number of amides is 1. The molecule has 2 fully saturated rings. The molecular formula is C20H24N4O3S. The Hall–Kier alpha value is -2.32. The van der Waals surface area contributed by atoms with Crippen LogP contribution in [0.15, 0.2) is 29.6 Å². The van der Waals surface area contributed by atoms with Crippen LogP contribution in [0.3, 0.4) is 0 Å². The summed E-state index contributed by atoms with van der Waals surface area (Å²) in [6.07, 6.45) is 3.17. The average molecular weight is 401 g/mol. The van der Waals surface area contributed by atoms with Crippen LogP contribution in [-0.2, 0) is 11.3 Å². The molecule has 1 aromatic heterocycles. The van der Waals surface area contributed by atoms with E-state index in [4.69, 9.17) is 4.74 Å². The average Bonchev–Trinajstić information content (AvgIpc) is 3.27. The van der Waals surface area contributed by atoms with Gasteiger partial charge in [0, 0.05) is 37.6 Å². The Bertz CT molecular complexity index is 824. The number of benzene rings is 1. The molecule has 0 bridgehead atoms. The number of piperidine rings is 2. The minimum Gasteiger partial charge on any atom is -0.465 e. The van der Waals surface area contributed by atoms with E-state index in [1.165, 1.54) is 24.2 Å². The quantitative estimate of drug-likeness (QED) is 0.734. The summed E-state index contributed by atoms with van der Waals surface area (Å²) >= 11 is 1.22. The predicted molar refractivity (Wildman–Crippen MR) is 105 cm³/mol. The first-order chi connectivity index (χ1) is 13.7. The number of rotatable bonds is 4. The van der Waals surface area contributed by atoms with Gasteiger partial charge in [-0.2, -0.15) is 0 Å². The Labute approximate surface area is 168 Å². The van der Waals surface area contributed by atoms with Gasteiger partial charge in [0.1, 0.15) is 0 Å². The molecule has 0 aliphatic carbocycles. The first-order valence-corrected chi connectivity index (χ1v) is 10.5. The zero-order chi connectivity index (χ0) is 19.5. The lowest BCUT2D eigenvalue weighted by molar-refractivity contribution is 0.0180. The topological polar surface area (TPSA) is 75.6 Å². The summed E-state index contributed by atoms with van der Waals surface area (Å²) in [6, 6.07) is 7.91. The van der Waals surface area contributed by atoms with Crippen molar-refractivity contribution in [3.63, 3.8) is 0 Å². The Balaban J connectivity index is 1.38. The smallest absolute Gasteiger partial charge is 0.337 e. The summed E-state index contributed by atoms with van der Waals surface area (Å²) in [4.78, 5) is 28.8. The lowest BCUT2D eigenvalue weighted by Gasteiger charge is -2.47. The third kappa shape index (κ3) is 3.93. The fourth-order valence-electron chi connectivity index (χ4n) is 4.40. The van der Waals surface area contributed by atoms with Crippen LogP contribution in [0.5, 0.6) is 0 Å². The fraction of sp³-hybridized carbons (Fsp3) is 0.500. The molecule has 148 valence electrons. The highest BCUT2D eigenvalue weighted by Crippen LogP contribution is 2.32. The molecule has 2 atom stereocenters. The normalized spacial score (nSPS) is 22.5. The number of carbonyl (C=O) groups is 2. The maximum Gasteiger partial charge on any atom is 0.337 e. The van der Waals surface area contributed by atoms with Gasteiger partial charge >= 0.3 is 5.97 Å². The van der Waals surface area contributed by atoms with Gasteiger partial charge in [0.05, 0.1) is 12.7 Å². The van der Waals surface area contributed by atoms with E-state index in [-0.39, 0.29) is 11.9 Å². The predicted octanol–water partition coefficient (Wildman–Crippen LogP) is 2.45. The lowest BCUT2D eigenvalue weighted by Crippen LogP contribution is -2.55. The monoisotopic (exact) mass is 400 g/mol. The highest BCUT2D eigenvalue weighted by Gasteiger charge is 2.38. The first-order valence-electron chi connectivity index (χ1n) is 9.63. The number of hydrogen-bond donors (Lipinski definition) is 0. The molecule has 28 heavy (non-hydrogen) atoms. The van der Waals surface area contributed by atoms with E-state index in [1.807, 2.05) is 29.2 Å². The summed E-state index contributed by atoms with van der Waals surface area (Å²) in [5, 5.41) is 5.69. The maximum absolute atomic E-state index is 12.8. The molecule has 0 saturated carbocycles. The van der Waals surface area contributed by atoms with Gasteiger partial charge < -0.3 is 9.64 Å². The fourth-order valence-corrected chi connectivity index (χ4v) is 4.83. The molecule has 0 unspecified atom stereocenters. The Kier molecular flexibility index (Phi) is 5.68. The summed E-state index contributed by atoms with van der Waals surface area (Å²) in [5.74, 6) is 0.206. The molecule has 3 heterocycles. The van der Waals surface area contributed by atoms with Gasteiger partial charge in [0.25, 0.3) is 5.91 Å². The molecule has 2 saturated heterocycles. The van der Waals surface area contributed by atoms with Crippen LogP contribution in [0.4, 0.5) is 0 Å². The minimum absolute atomic E-state index is 0.0234. The van der Waals surface area contributed by atoms with E-state index in [0.717, 1.165) is 45.4 Å². The molecule has 7 nitrogen and oxygen atoms in total. The highest BCUT2D eigenvalue weighted by atomic mass is 32.1. The first kappa shape index (κ1) is 19.0. The van der Waals surface area contributed by atoms with Gasteiger partial charge in [-0.1, -0.05) is 16.6 Å². The maximum atomic E-state index is 12.8. The second-order valence-corrected chi connectivity index (χ2v) is 8.08. The molecule has 2 aliphatic heterocycles. The Morgan fingerprint density at radius 2 is 2.04 bits per heavy atom. The van der Waals surface area contributed by atoms with Crippen LogP contribution in [0.2, 0.25) is 0 Å². The van der Waals surface area contributed by atoms with E-state index in [9.17, 15) is 9.59 Å². The largest absolute Gasteiger partial charge is 0.465 e. The van der Waals surface area contributed by atoms with Gasteiger partial charge in [-0.3, -0.25) is 9.69 Å². The summed E-state index contributed by atoms with van der Waals surface area (Å²) in [7, 11) is 1.39. The van der Waals surface area contributed by atoms with Crippen molar-refractivity contribution in [3.05, 3.63) is 46.5 Å². The van der Waals surface area contributed by atoms with E-state index in [1.54, 1.807) is 5.38 Å². The van der Waals surface area contributed by atoms with Crippen molar-refractivity contribution in [3.8, 4) is 0 Å². The van der Waals surface area contributed by atoms with E-state index < -0.39 is 0 Å². The molecule has 0 radical (unpaired) electrons. The van der Waals surface area contributed by atoms with Gasteiger partial charge in [0.2, 0.25) is 0 Å². The van der Waals surface area contributed by atoms with Crippen molar-refractivity contribution in [1.29, 1.82) is 0 Å². The molecule has 1 aromatic carbocycles. The van der Waals surface area contributed by atoms with Crippen LogP contribution >= 0.6 is 11.5 Å². The van der Waals surface area contributed by atoms with Crippen molar-refractivity contribution in [1.82, 2.24) is 19.4 Å². The number of fused-ring (bicyclic) bond motifs is 1. The zero-order valence-electron chi connectivity index (χ0n) is 15.9. The summed E-state index contributed by atoms with van der Waals surface area (Å²) in [5.41, 5.74) is 2.23. The molecule has 1 amide bonds. The third-order valence-corrected chi connectivity index (χ3v) is 6.28. The van der Waals surface area contributed by atoms with Crippen LogP contribution in [0.1, 0.15) is 45.7 Å². The molecule has 0 N–H and O–H groups in total. The SMILES string of the molecule is COC(=O)c1ccc(CN2CC[C@@H]3[C@@H](CCCN3C(=O)c3csnn3)C2)cc1. The van der Waals surface area contributed by atoms with Crippen LogP contribution in [0.25, 0.3) is 0 Å². The van der Waals surface area contributed by atoms with E-state index in [2.05, 4.69) is 14.5 Å². The second kappa shape index (κ2) is 8.36. The minimum atomic E-state index is -0.311. The van der Waals surface area contributed by atoms with Crippen LogP contribution in [-0.4, -0.2) is 64.0 Å². The van der Waals surface area contributed by atoms with Crippen molar-refractivity contribution in [2.24, 2.45) is 5.92 Å². The Morgan fingerprint density at radius 3 is 2.75 bits per heavy atom. The number of carbonyl (C=O) groups excluding carboxylic acids is 2. The molecular weight excluding hydrogens is 376 g/mol. The van der Waals surface area contributed by atoms with Crippen molar-refractivity contribution in [2.45, 2.75) is 31.8 Å². The summed E-state index contributed by atoms with van der Waals surface area (Å²) < 4.78 is 8.58. The third-order valence-electron chi connectivity index (χ3n) is 5.77. The highest BCUT2D eigenvalue weighted by molar-refractivity contribution is 7.03. The van der Waals surface area contributed by atoms with Crippen molar-refractivity contribution in [2.75, 3.05) is 26.7 Å². The van der Waals surface area contributed by atoms with Gasteiger partial charge in [-0.15, -0.1) is 5.10 Å². The van der Waals surface area contributed by atoms with Crippen LogP contribution < -0.4 is 0 Å². The lowest BCUT2D eigenvalue weighted by atomic mass is 9.83. The second-order valence-electron chi connectivity index (χ2n) is 7.47. The standard InChI is InChI=1S/C20H24N4O3S/c1-27-20(26)15-6-4-14(5-7-15)11-23-10-8-18-16(12-23)3-2-9-24(18)19(25)17-13-28-22-21-17/h4-7,13,16,18H,2-3,8-12H2,1H3/t16-,18+/m0/s1. The van der Waals surface area contributed by atoms with E-state index in [0.29, 0.717) is 23.2 Å². The molecule has 8 heteroatoms. The number of nitrogens with zero attached hydrogens (tertiary/aromatic N) is 4. The molecule has 0 spiro atoms. The zero-order valence-corrected chi connectivity index (χ0v) is 16.7. The van der Waals surface area contributed by atoms with Gasteiger partial charge in [-0.25, -0.2) is 4.79 Å². The number of aromatic nitrogens is 2. The van der Waals surface area contributed by atoms with Crippen LogP contribution in [0, 0.1) is 5.92 Å². The number of esters is 1. The van der Waals surface area contributed by atoms with Gasteiger partial charge in [-0.05, 0) is 54.4 Å². The van der Waals surface area contributed by atoms with E-state index >= 15 is 0 Å². The number of ether oxygens (including phenoxy) is 1. The number of hydrogen-bond acceptors (Lipinski definition) is 7. The summed E-state index contributed by atoms with van der Waals surface area (Å²) in [6.45, 7) is 3.61. The molecule has 2 aromatic rings.